The lowest BCUT2D eigenvalue weighted by Crippen LogP contribution is -2.58. The van der Waals surface area contributed by atoms with Gasteiger partial charge in [0.15, 0.2) is 0 Å². The lowest BCUT2D eigenvalue weighted by atomic mass is 9.74. The fourth-order valence-electron chi connectivity index (χ4n) is 5.09. The molecule has 2 saturated heterocycles. The number of rotatable bonds is 7. The molecule has 9 heteroatoms. The van der Waals surface area contributed by atoms with Crippen LogP contribution in [0.15, 0.2) is 43.0 Å². The number of halogens is 1. The maximum Gasteiger partial charge on any atom is 0.325 e. The molecule has 1 saturated carbocycles. The molecule has 4 amide bonds. The first-order valence-electron chi connectivity index (χ1n) is 11.6. The number of amides is 4. The van der Waals surface area contributed by atoms with Crippen LogP contribution >= 0.6 is 0 Å². The third-order valence-electron chi connectivity index (χ3n) is 7.16. The van der Waals surface area contributed by atoms with Crippen molar-refractivity contribution in [3.63, 3.8) is 0 Å². The molecule has 174 valence electrons. The lowest BCUT2D eigenvalue weighted by molar-refractivity contribution is -0.136. The highest BCUT2D eigenvalue weighted by molar-refractivity contribution is 6.07. The molecule has 33 heavy (non-hydrogen) atoms. The molecule has 1 N–H and O–H groups in total. The van der Waals surface area contributed by atoms with Crippen molar-refractivity contribution in [3.8, 4) is 0 Å². The number of likely N-dealkylation sites (tertiary alicyclic amines) is 1. The van der Waals surface area contributed by atoms with Crippen LogP contribution in [-0.2, 0) is 22.6 Å². The predicted octanol–water partition coefficient (Wildman–Crippen LogP) is 2.20. The first kappa shape index (κ1) is 21.6. The van der Waals surface area contributed by atoms with E-state index in [0.717, 1.165) is 18.4 Å². The smallest absolute Gasteiger partial charge is 0.325 e. The fourth-order valence-corrected chi connectivity index (χ4v) is 5.09. The summed E-state index contributed by atoms with van der Waals surface area (Å²) in [5, 5.41) is 3.04. The van der Waals surface area contributed by atoms with Gasteiger partial charge in [-0.3, -0.25) is 14.5 Å². The average molecular weight is 454 g/mol. The first-order chi connectivity index (χ1) is 15.9. The maximum atomic E-state index is 13.7. The van der Waals surface area contributed by atoms with Gasteiger partial charge in [-0.15, -0.1) is 0 Å². The van der Waals surface area contributed by atoms with Crippen molar-refractivity contribution in [2.24, 2.45) is 11.8 Å². The summed E-state index contributed by atoms with van der Waals surface area (Å²) in [6.45, 7) is 1.73. The summed E-state index contributed by atoms with van der Waals surface area (Å²) in [4.78, 5) is 46.4. The van der Waals surface area contributed by atoms with Crippen LogP contribution in [0.3, 0.4) is 0 Å². The molecule has 0 radical (unpaired) electrons. The SMILES string of the molecule is O=C(Cn1ccnc1)N1CCC(C2(Cc3ccc(F)cc3)NC(=O)N(CC3CC3)C2=O)CC1. The molecule has 2 aliphatic heterocycles. The van der Waals surface area contributed by atoms with Crippen molar-refractivity contribution in [1.82, 2.24) is 24.7 Å². The van der Waals surface area contributed by atoms with Crippen LogP contribution in [0.4, 0.5) is 9.18 Å². The monoisotopic (exact) mass is 453 g/mol. The maximum absolute atomic E-state index is 13.7. The number of carbonyl (C=O) groups is 3. The summed E-state index contributed by atoms with van der Waals surface area (Å²) < 4.78 is 15.2. The Labute approximate surface area is 191 Å². The quantitative estimate of drug-likeness (QED) is 0.651. The molecule has 2 aromatic rings. The van der Waals surface area contributed by atoms with Gasteiger partial charge in [-0.25, -0.2) is 14.2 Å². The van der Waals surface area contributed by atoms with Crippen LogP contribution < -0.4 is 5.32 Å². The number of piperidine rings is 1. The van der Waals surface area contributed by atoms with Crippen molar-refractivity contribution in [2.75, 3.05) is 19.6 Å². The second kappa shape index (κ2) is 8.61. The molecular weight excluding hydrogens is 425 g/mol. The molecule has 3 aliphatic rings. The zero-order chi connectivity index (χ0) is 23.0. The summed E-state index contributed by atoms with van der Waals surface area (Å²) in [5.74, 6) is -0.234. The zero-order valence-corrected chi connectivity index (χ0v) is 18.5. The van der Waals surface area contributed by atoms with Crippen LogP contribution in [0.25, 0.3) is 0 Å². The number of benzene rings is 1. The molecule has 1 aromatic carbocycles. The predicted molar refractivity (Wildman–Crippen MR) is 117 cm³/mol. The Morgan fingerprint density at radius 1 is 1.12 bits per heavy atom. The summed E-state index contributed by atoms with van der Waals surface area (Å²) >= 11 is 0. The topological polar surface area (TPSA) is 87.5 Å². The third-order valence-corrected chi connectivity index (χ3v) is 7.16. The van der Waals surface area contributed by atoms with E-state index in [1.807, 2.05) is 4.90 Å². The van der Waals surface area contributed by atoms with Crippen LogP contribution in [0.2, 0.25) is 0 Å². The van der Waals surface area contributed by atoms with Gasteiger partial charge in [-0.2, -0.15) is 0 Å². The van der Waals surface area contributed by atoms with E-state index in [2.05, 4.69) is 10.3 Å². The molecule has 3 heterocycles. The summed E-state index contributed by atoms with van der Waals surface area (Å²) in [6.07, 6.45) is 8.62. The first-order valence-corrected chi connectivity index (χ1v) is 11.6. The average Bonchev–Trinajstić information content (AvgIpc) is 3.44. The molecule has 0 spiro atoms. The van der Waals surface area contributed by atoms with Crippen molar-refractivity contribution in [1.29, 1.82) is 0 Å². The molecule has 3 fully saturated rings. The number of nitrogens with zero attached hydrogens (tertiary/aromatic N) is 4. The van der Waals surface area contributed by atoms with E-state index in [-0.39, 0.29) is 36.1 Å². The summed E-state index contributed by atoms with van der Waals surface area (Å²) in [7, 11) is 0. The lowest BCUT2D eigenvalue weighted by Gasteiger charge is -2.41. The number of hydrogen-bond acceptors (Lipinski definition) is 4. The Morgan fingerprint density at radius 3 is 2.48 bits per heavy atom. The zero-order valence-electron chi connectivity index (χ0n) is 18.5. The third kappa shape index (κ3) is 4.36. The van der Waals surface area contributed by atoms with Gasteiger partial charge in [0, 0.05) is 38.4 Å². The van der Waals surface area contributed by atoms with Gasteiger partial charge in [-0.1, -0.05) is 12.1 Å². The van der Waals surface area contributed by atoms with Crippen molar-refractivity contribution in [3.05, 3.63) is 54.4 Å². The minimum Gasteiger partial charge on any atom is -0.341 e. The standard InChI is InChI=1S/C24H28FN5O3/c25-20-5-3-17(4-6-20)13-24(22(32)30(23(33)27-24)14-18-1-2-18)19-7-10-29(11-8-19)21(31)15-28-12-9-26-16-28/h3-6,9,12,16,18-19H,1-2,7-8,10-11,13-15H2,(H,27,33). The van der Waals surface area contributed by atoms with Crippen LogP contribution in [0.1, 0.15) is 31.2 Å². The number of hydrogen-bond donors (Lipinski definition) is 1. The van der Waals surface area contributed by atoms with E-state index in [1.165, 1.54) is 17.0 Å². The van der Waals surface area contributed by atoms with Crippen LogP contribution in [0, 0.1) is 17.7 Å². The van der Waals surface area contributed by atoms with Gasteiger partial charge in [-0.05, 0) is 55.2 Å². The van der Waals surface area contributed by atoms with E-state index < -0.39 is 5.54 Å². The van der Waals surface area contributed by atoms with Crippen molar-refractivity contribution in [2.45, 2.75) is 44.2 Å². The van der Waals surface area contributed by atoms with Gasteiger partial charge >= 0.3 is 6.03 Å². The van der Waals surface area contributed by atoms with E-state index in [1.54, 1.807) is 35.4 Å². The Bertz CT molecular complexity index is 1030. The molecule has 8 nitrogen and oxygen atoms in total. The molecule has 1 aliphatic carbocycles. The fraction of sp³-hybridized carbons (Fsp3) is 0.500. The number of aromatic nitrogens is 2. The highest BCUT2D eigenvalue weighted by atomic mass is 19.1. The van der Waals surface area contributed by atoms with Crippen molar-refractivity contribution < 1.29 is 18.8 Å². The van der Waals surface area contributed by atoms with Gasteiger partial charge in [0.05, 0.1) is 6.33 Å². The molecule has 1 atom stereocenters. The minimum atomic E-state index is -1.07. The Hall–Kier alpha value is -3.23. The highest BCUT2D eigenvalue weighted by Gasteiger charge is 2.56. The molecular formula is C24H28FN5O3. The Balaban J connectivity index is 1.33. The minimum absolute atomic E-state index is 0.0104. The largest absolute Gasteiger partial charge is 0.341 e. The number of carbonyl (C=O) groups excluding carboxylic acids is 3. The Kier molecular flexibility index (Phi) is 5.64. The van der Waals surface area contributed by atoms with Crippen LogP contribution in [0.5, 0.6) is 0 Å². The number of urea groups is 1. The van der Waals surface area contributed by atoms with Gasteiger partial charge in [0.25, 0.3) is 5.91 Å². The summed E-state index contributed by atoms with van der Waals surface area (Å²) in [5.41, 5.74) is -0.263. The van der Waals surface area contributed by atoms with Gasteiger partial charge in [0.2, 0.25) is 5.91 Å². The molecule has 0 bridgehead atoms. The normalized spacial score (nSPS) is 23.8. The second-order valence-corrected chi connectivity index (χ2v) is 9.45. The highest BCUT2D eigenvalue weighted by Crippen LogP contribution is 2.39. The molecule has 5 rings (SSSR count). The van der Waals surface area contributed by atoms with Crippen molar-refractivity contribution >= 4 is 17.8 Å². The number of nitrogens with one attached hydrogen (secondary N) is 1. The van der Waals surface area contributed by atoms with Gasteiger partial charge in [0.1, 0.15) is 17.9 Å². The van der Waals surface area contributed by atoms with E-state index >= 15 is 0 Å². The van der Waals surface area contributed by atoms with Gasteiger partial charge < -0.3 is 14.8 Å². The van der Waals surface area contributed by atoms with E-state index in [0.29, 0.717) is 44.8 Å². The van der Waals surface area contributed by atoms with E-state index in [9.17, 15) is 18.8 Å². The summed E-state index contributed by atoms with van der Waals surface area (Å²) in [6, 6.07) is 5.76. The van der Waals surface area contributed by atoms with Crippen LogP contribution in [-0.4, -0.2) is 62.4 Å². The Morgan fingerprint density at radius 2 is 1.85 bits per heavy atom. The second-order valence-electron chi connectivity index (χ2n) is 9.45. The molecule has 1 aromatic heterocycles. The molecule has 1 unspecified atom stereocenters. The number of imide groups is 1. The van der Waals surface area contributed by atoms with E-state index in [4.69, 9.17) is 0 Å². The number of imidazole rings is 1.